The van der Waals surface area contributed by atoms with Crippen molar-refractivity contribution in [2.24, 2.45) is 5.73 Å². The highest BCUT2D eigenvalue weighted by Crippen LogP contribution is 2.00. The van der Waals surface area contributed by atoms with Gasteiger partial charge in [-0.1, -0.05) is 6.08 Å². The molecule has 4 heteroatoms. The molecule has 0 heterocycles. The normalized spacial score (nSPS) is 9.86. The largest absolute Gasteiger partial charge is 0.395 e. The van der Waals surface area contributed by atoms with Crippen LogP contribution in [0, 0.1) is 0 Å². The van der Waals surface area contributed by atoms with Crippen LogP contribution in [0.25, 0.3) is 0 Å². The fourth-order valence-corrected chi connectivity index (χ4v) is 1.17. The molecule has 0 radical (unpaired) electrons. The van der Waals surface area contributed by atoms with Crippen molar-refractivity contribution < 1.29 is 9.90 Å². The zero-order valence-electron chi connectivity index (χ0n) is 8.61. The maximum atomic E-state index is 11.5. The molecule has 0 aromatic heterocycles. The molecule has 0 saturated carbocycles. The molecular weight excluding hydrogens is 180 g/mol. The van der Waals surface area contributed by atoms with Crippen molar-refractivity contribution in [2.75, 3.05) is 26.2 Å². The zero-order valence-corrected chi connectivity index (χ0v) is 8.61. The number of nitrogens with zero attached hydrogens (tertiary/aromatic N) is 1. The SMILES string of the molecule is C=CCN(CCO)C(=O)CCCCN. The summed E-state index contributed by atoms with van der Waals surface area (Å²) in [6.07, 6.45) is 3.85. The Labute approximate surface area is 85.4 Å². The van der Waals surface area contributed by atoms with E-state index in [1.165, 1.54) is 0 Å². The number of amides is 1. The second-order valence-corrected chi connectivity index (χ2v) is 3.10. The van der Waals surface area contributed by atoms with Crippen LogP contribution in [0.1, 0.15) is 19.3 Å². The molecule has 14 heavy (non-hydrogen) atoms. The van der Waals surface area contributed by atoms with E-state index in [1.54, 1.807) is 11.0 Å². The van der Waals surface area contributed by atoms with Gasteiger partial charge < -0.3 is 15.7 Å². The molecule has 0 aliphatic heterocycles. The van der Waals surface area contributed by atoms with E-state index in [1.807, 2.05) is 0 Å². The second kappa shape index (κ2) is 8.72. The molecule has 3 N–H and O–H groups in total. The number of nitrogens with two attached hydrogens (primary N) is 1. The standard InChI is InChI=1S/C10H20N2O2/c1-2-7-12(8-9-13)10(14)5-3-4-6-11/h2,13H,1,3-9,11H2. The van der Waals surface area contributed by atoms with E-state index in [2.05, 4.69) is 6.58 Å². The molecule has 0 saturated heterocycles. The molecule has 0 rings (SSSR count). The summed E-state index contributed by atoms with van der Waals surface area (Å²) in [5.74, 6) is 0.0624. The van der Waals surface area contributed by atoms with E-state index in [4.69, 9.17) is 10.8 Å². The second-order valence-electron chi connectivity index (χ2n) is 3.10. The maximum Gasteiger partial charge on any atom is 0.222 e. The summed E-state index contributed by atoms with van der Waals surface area (Å²) < 4.78 is 0. The van der Waals surface area contributed by atoms with Gasteiger partial charge in [-0.05, 0) is 19.4 Å². The first kappa shape index (κ1) is 13.1. The molecule has 82 valence electrons. The number of carbonyl (C=O) groups is 1. The lowest BCUT2D eigenvalue weighted by atomic mass is 10.2. The lowest BCUT2D eigenvalue weighted by Gasteiger charge is -2.19. The molecule has 0 spiro atoms. The van der Waals surface area contributed by atoms with Gasteiger partial charge in [0.2, 0.25) is 5.91 Å². The van der Waals surface area contributed by atoms with Crippen molar-refractivity contribution in [3.63, 3.8) is 0 Å². The van der Waals surface area contributed by atoms with Crippen LogP contribution >= 0.6 is 0 Å². The van der Waals surface area contributed by atoms with Crippen molar-refractivity contribution in [1.29, 1.82) is 0 Å². The zero-order chi connectivity index (χ0) is 10.8. The molecule has 4 nitrogen and oxygen atoms in total. The molecule has 0 unspecified atom stereocenters. The Kier molecular flexibility index (Phi) is 8.17. The van der Waals surface area contributed by atoms with Gasteiger partial charge in [0, 0.05) is 19.5 Å². The Bertz CT molecular complexity index is 172. The lowest BCUT2D eigenvalue weighted by Crippen LogP contribution is -2.33. The van der Waals surface area contributed by atoms with Gasteiger partial charge in [-0.2, -0.15) is 0 Å². The van der Waals surface area contributed by atoms with E-state index in [0.717, 1.165) is 12.8 Å². The Balaban J connectivity index is 3.81. The molecule has 0 atom stereocenters. The summed E-state index contributed by atoms with van der Waals surface area (Å²) >= 11 is 0. The highest BCUT2D eigenvalue weighted by molar-refractivity contribution is 5.76. The first-order chi connectivity index (χ1) is 6.76. The van der Waals surface area contributed by atoms with Gasteiger partial charge in [-0.15, -0.1) is 6.58 Å². The van der Waals surface area contributed by atoms with Crippen LogP contribution in [0.5, 0.6) is 0 Å². The number of unbranched alkanes of at least 4 members (excludes halogenated alkanes) is 1. The van der Waals surface area contributed by atoms with Gasteiger partial charge in [0.1, 0.15) is 0 Å². The summed E-state index contributed by atoms with van der Waals surface area (Å²) in [7, 11) is 0. The quantitative estimate of drug-likeness (QED) is 0.432. The first-order valence-electron chi connectivity index (χ1n) is 4.95. The summed E-state index contributed by atoms with van der Waals surface area (Å²) in [5.41, 5.74) is 5.33. The predicted octanol–water partition coefficient (Wildman–Crippen LogP) is 0.122. The molecule has 0 aliphatic rings. The average Bonchev–Trinajstić information content (AvgIpc) is 2.18. The van der Waals surface area contributed by atoms with Crippen LogP contribution in [0.4, 0.5) is 0 Å². The smallest absolute Gasteiger partial charge is 0.222 e. The van der Waals surface area contributed by atoms with Crippen LogP contribution < -0.4 is 5.73 Å². The number of carbonyl (C=O) groups excluding carboxylic acids is 1. The van der Waals surface area contributed by atoms with Gasteiger partial charge in [0.05, 0.1) is 6.61 Å². The Morgan fingerprint density at radius 1 is 1.50 bits per heavy atom. The number of hydrogen-bond acceptors (Lipinski definition) is 3. The van der Waals surface area contributed by atoms with Gasteiger partial charge in [0.25, 0.3) is 0 Å². The molecule has 0 aliphatic carbocycles. The van der Waals surface area contributed by atoms with Crippen LogP contribution in [0.2, 0.25) is 0 Å². The fraction of sp³-hybridized carbons (Fsp3) is 0.700. The van der Waals surface area contributed by atoms with Gasteiger partial charge in [-0.3, -0.25) is 4.79 Å². The van der Waals surface area contributed by atoms with Crippen LogP contribution in [0.3, 0.4) is 0 Å². The molecular formula is C10H20N2O2. The van der Waals surface area contributed by atoms with E-state index >= 15 is 0 Å². The minimum Gasteiger partial charge on any atom is -0.395 e. The molecule has 0 fully saturated rings. The van der Waals surface area contributed by atoms with Crippen molar-refractivity contribution in [2.45, 2.75) is 19.3 Å². The summed E-state index contributed by atoms with van der Waals surface area (Å²) in [4.78, 5) is 13.1. The van der Waals surface area contributed by atoms with E-state index in [-0.39, 0.29) is 12.5 Å². The Hall–Kier alpha value is -0.870. The van der Waals surface area contributed by atoms with E-state index in [9.17, 15) is 4.79 Å². The third-order valence-corrected chi connectivity index (χ3v) is 1.92. The van der Waals surface area contributed by atoms with Gasteiger partial charge in [-0.25, -0.2) is 0 Å². The third kappa shape index (κ3) is 5.72. The fourth-order valence-electron chi connectivity index (χ4n) is 1.17. The summed E-state index contributed by atoms with van der Waals surface area (Å²) in [6.45, 7) is 5.07. The van der Waals surface area contributed by atoms with Crippen molar-refractivity contribution in [3.8, 4) is 0 Å². The maximum absolute atomic E-state index is 11.5. The highest BCUT2D eigenvalue weighted by atomic mass is 16.3. The number of rotatable bonds is 8. The summed E-state index contributed by atoms with van der Waals surface area (Å²) in [5, 5.41) is 8.74. The molecule has 1 amide bonds. The van der Waals surface area contributed by atoms with Crippen molar-refractivity contribution in [1.82, 2.24) is 4.90 Å². The van der Waals surface area contributed by atoms with Crippen LogP contribution in [-0.2, 0) is 4.79 Å². The molecule has 0 bridgehead atoms. The number of aliphatic hydroxyl groups excluding tert-OH is 1. The topological polar surface area (TPSA) is 66.6 Å². The van der Waals surface area contributed by atoms with E-state index in [0.29, 0.717) is 26.1 Å². The van der Waals surface area contributed by atoms with Gasteiger partial charge in [0.15, 0.2) is 0 Å². The monoisotopic (exact) mass is 200 g/mol. The number of aliphatic hydroxyl groups is 1. The summed E-state index contributed by atoms with van der Waals surface area (Å²) in [6, 6.07) is 0. The van der Waals surface area contributed by atoms with Crippen LogP contribution in [-0.4, -0.2) is 42.2 Å². The minimum atomic E-state index is -0.00350. The highest BCUT2D eigenvalue weighted by Gasteiger charge is 2.10. The number of hydrogen-bond donors (Lipinski definition) is 2. The lowest BCUT2D eigenvalue weighted by molar-refractivity contribution is -0.131. The minimum absolute atomic E-state index is 0.00350. The first-order valence-corrected chi connectivity index (χ1v) is 4.95. The average molecular weight is 200 g/mol. The molecule has 0 aromatic rings. The Morgan fingerprint density at radius 3 is 2.71 bits per heavy atom. The van der Waals surface area contributed by atoms with Crippen LogP contribution in [0.15, 0.2) is 12.7 Å². The van der Waals surface area contributed by atoms with Crippen molar-refractivity contribution in [3.05, 3.63) is 12.7 Å². The predicted molar refractivity (Wildman–Crippen MR) is 56.8 cm³/mol. The van der Waals surface area contributed by atoms with Gasteiger partial charge >= 0.3 is 0 Å². The Morgan fingerprint density at radius 2 is 2.21 bits per heavy atom. The van der Waals surface area contributed by atoms with Crippen molar-refractivity contribution >= 4 is 5.91 Å². The molecule has 0 aromatic carbocycles. The third-order valence-electron chi connectivity index (χ3n) is 1.92. The van der Waals surface area contributed by atoms with E-state index < -0.39 is 0 Å².